The van der Waals surface area contributed by atoms with Crippen molar-refractivity contribution in [1.82, 2.24) is 5.32 Å². The van der Waals surface area contributed by atoms with Gasteiger partial charge in [-0.2, -0.15) is 0 Å². The van der Waals surface area contributed by atoms with Crippen molar-refractivity contribution in [2.75, 3.05) is 12.8 Å². The van der Waals surface area contributed by atoms with Gasteiger partial charge in [0.25, 0.3) is 5.91 Å². The first-order valence-electron chi connectivity index (χ1n) is 6.20. The third kappa shape index (κ3) is 5.34. The number of carboxylic acids is 1. The Morgan fingerprint density at radius 3 is 2.42 bits per heavy atom. The maximum atomic E-state index is 11.9. The fraction of sp³-hybridized carbons (Fsp3) is 0.429. The molecule has 0 saturated carbocycles. The Bertz CT molecular complexity index is 431. The van der Waals surface area contributed by atoms with E-state index in [-0.39, 0.29) is 18.2 Å². The van der Waals surface area contributed by atoms with Crippen molar-refractivity contribution in [2.45, 2.75) is 24.7 Å². The van der Waals surface area contributed by atoms with Crippen molar-refractivity contribution in [2.24, 2.45) is 5.92 Å². The molecule has 1 unspecified atom stereocenters. The van der Waals surface area contributed by atoms with Crippen LogP contribution in [0.2, 0.25) is 0 Å². The lowest BCUT2D eigenvalue weighted by molar-refractivity contribution is -0.138. The van der Waals surface area contributed by atoms with Gasteiger partial charge in [-0.25, -0.2) is 0 Å². The molecule has 0 heterocycles. The summed E-state index contributed by atoms with van der Waals surface area (Å²) in [6, 6.07) is 7.35. The van der Waals surface area contributed by atoms with Crippen LogP contribution in [0.25, 0.3) is 0 Å². The van der Waals surface area contributed by atoms with Gasteiger partial charge in [-0.15, -0.1) is 11.8 Å². The Hall–Kier alpha value is -1.49. The summed E-state index contributed by atoms with van der Waals surface area (Å²) in [6.45, 7) is 2.32. The second-order valence-corrected chi connectivity index (χ2v) is 5.19. The lowest BCUT2D eigenvalue weighted by Crippen LogP contribution is -2.30. The van der Waals surface area contributed by atoms with Crippen LogP contribution in [-0.2, 0) is 4.79 Å². The van der Waals surface area contributed by atoms with Gasteiger partial charge in [0, 0.05) is 23.4 Å². The van der Waals surface area contributed by atoms with E-state index in [0.717, 1.165) is 11.3 Å². The van der Waals surface area contributed by atoms with Crippen LogP contribution in [-0.4, -0.2) is 29.8 Å². The SMILES string of the molecule is CCC(CNC(=O)c1ccc(SC)cc1)CC(=O)O. The summed E-state index contributed by atoms with van der Waals surface area (Å²) in [5.41, 5.74) is 0.600. The molecule has 1 atom stereocenters. The molecule has 0 spiro atoms. The standard InChI is InChI=1S/C14H19NO3S/c1-3-10(8-13(16)17)9-15-14(18)11-4-6-12(19-2)7-5-11/h4-7,10H,3,8-9H2,1-2H3,(H,15,18)(H,16,17). The average molecular weight is 281 g/mol. The molecule has 104 valence electrons. The normalized spacial score (nSPS) is 11.9. The molecule has 0 radical (unpaired) electrons. The molecule has 1 aromatic carbocycles. The molecule has 0 aliphatic carbocycles. The third-order valence-corrected chi connectivity index (χ3v) is 3.69. The van der Waals surface area contributed by atoms with Crippen LogP contribution >= 0.6 is 11.8 Å². The van der Waals surface area contributed by atoms with Gasteiger partial charge in [-0.3, -0.25) is 9.59 Å². The largest absolute Gasteiger partial charge is 0.481 e. The molecular weight excluding hydrogens is 262 g/mol. The first-order chi connectivity index (χ1) is 9.06. The Morgan fingerprint density at radius 1 is 1.32 bits per heavy atom. The number of carbonyl (C=O) groups is 2. The number of hydrogen-bond acceptors (Lipinski definition) is 3. The smallest absolute Gasteiger partial charge is 0.303 e. The molecule has 0 aliphatic heterocycles. The highest BCUT2D eigenvalue weighted by atomic mass is 32.2. The van der Waals surface area contributed by atoms with Gasteiger partial charge < -0.3 is 10.4 Å². The quantitative estimate of drug-likeness (QED) is 0.754. The van der Waals surface area contributed by atoms with Gasteiger partial charge in [0.05, 0.1) is 0 Å². The molecule has 1 amide bonds. The first-order valence-corrected chi connectivity index (χ1v) is 7.43. The van der Waals surface area contributed by atoms with Crippen LogP contribution in [0.15, 0.2) is 29.2 Å². The number of aliphatic carboxylic acids is 1. The Balaban J connectivity index is 2.51. The molecule has 19 heavy (non-hydrogen) atoms. The van der Waals surface area contributed by atoms with Gasteiger partial charge in [0.2, 0.25) is 0 Å². The molecule has 0 saturated heterocycles. The van der Waals surface area contributed by atoms with E-state index in [1.165, 1.54) is 0 Å². The zero-order valence-electron chi connectivity index (χ0n) is 11.2. The minimum absolute atomic E-state index is 0.0214. The predicted octanol–water partition coefficient (Wildman–Crippen LogP) is 2.64. The summed E-state index contributed by atoms with van der Waals surface area (Å²) in [7, 11) is 0. The van der Waals surface area contributed by atoms with Gasteiger partial charge in [0.15, 0.2) is 0 Å². The minimum atomic E-state index is -0.828. The van der Waals surface area contributed by atoms with E-state index >= 15 is 0 Å². The Labute approximate surface area is 117 Å². The molecule has 0 bridgehead atoms. The molecule has 5 heteroatoms. The predicted molar refractivity (Wildman–Crippen MR) is 76.6 cm³/mol. The number of carbonyl (C=O) groups excluding carboxylic acids is 1. The second kappa shape index (κ2) is 7.84. The van der Waals surface area contributed by atoms with E-state index in [1.807, 2.05) is 25.3 Å². The molecule has 0 aliphatic rings. The molecule has 4 nitrogen and oxygen atoms in total. The maximum Gasteiger partial charge on any atom is 0.303 e. The third-order valence-electron chi connectivity index (χ3n) is 2.94. The fourth-order valence-electron chi connectivity index (χ4n) is 1.69. The zero-order chi connectivity index (χ0) is 14.3. The lowest BCUT2D eigenvalue weighted by Gasteiger charge is -2.13. The number of benzene rings is 1. The van der Waals surface area contributed by atoms with Crippen molar-refractivity contribution in [3.63, 3.8) is 0 Å². The number of carboxylic acid groups (broad SMARTS) is 1. The molecular formula is C14H19NO3S. The second-order valence-electron chi connectivity index (χ2n) is 4.31. The van der Waals surface area contributed by atoms with Gasteiger partial charge >= 0.3 is 5.97 Å². The van der Waals surface area contributed by atoms with E-state index in [2.05, 4.69) is 5.32 Å². The summed E-state index contributed by atoms with van der Waals surface area (Å²) in [5, 5.41) is 11.5. The van der Waals surface area contributed by atoms with E-state index in [0.29, 0.717) is 12.1 Å². The van der Waals surface area contributed by atoms with Crippen LogP contribution in [0.4, 0.5) is 0 Å². The summed E-state index contributed by atoms with van der Waals surface area (Å²) in [4.78, 5) is 23.6. The molecule has 0 aromatic heterocycles. The van der Waals surface area contributed by atoms with Crippen LogP contribution in [0, 0.1) is 5.92 Å². The number of amides is 1. The topological polar surface area (TPSA) is 66.4 Å². The van der Waals surface area contributed by atoms with Crippen molar-refractivity contribution in [1.29, 1.82) is 0 Å². The highest BCUT2D eigenvalue weighted by Gasteiger charge is 2.13. The number of nitrogens with one attached hydrogen (secondary N) is 1. The fourth-order valence-corrected chi connectivity index (χ4v) is 2.10. The summed E-state index contributed by atoms with van der Waals surface area (Å²) >= 11 is 1.62. The zero-order valence-corrected chi connectivity index (χ0v) is 12.0. The number of thioether (sulfide) groups is 1. The number of hydrogen-bond donors (Lipinski definition) is 2. The van der Waals surface area contributed by atoms with E-state index in [9.17, 15) is 9.59 Å². The number of rotatable bonds is 7. The minimum Gasteiger partial charge on any atom is -0.481 e. The monoisotopic (exact) mass is 281 g/mol. The van der Waals surface area contributed by atoms with Crippen LogP contribution in [0.3, 0.4) is 0 Å². The molecule has 1 aromatic rings. The van der Waals surface area contributed by atoms with Gasteiger partial charge in [0.1, 0.15) is 0 Å². The highest BCUT2D eigenvalue weighted by molar-refractivity contribution is 7.98. The van der Waals surface area contributed by atoms with Gasteiger partial charge in [-0.1, -0.05) is 13.3 Å². The highest BCUT2D eigenvalue weighted by Crippen LogP contribution is 2.15. The summed E-state index contributed by atoms with van der Waals surface area (Å²) in [6.07, 6.45) is 2.80. The molecule has 0 fully saturated rings. The first kappa shape index (κ1) is 15.6. The lowest BCUT2D eigenvalue weighted by atomic mass is 10.0. The summed E-state index contributed by atoms with van der Waals surface area (Å²) < 4.78 is 0. The van der Waals surface area contributed by atoms with E-state index < -0.39 is 5.97 Å². The van der Waals surface area contributed by atoms with Crippen LogP contribution < -0.4 is 5.32 Å². The van der Waals surface area contributed by atoms with Crippen LogP contribution in [0.1, 0.15) is 30.1 Å². The van der Waals surface area contributed by atoms with E-state index in [4.69, 9.17) is 5.11 Å². The average Bonchev–Trinajstić information content (AvgIpc) is 2.42. The summed E-state index contributed by atoms with van der Waals surface area (Å²) in [5.74, 6) is -1.01. The van der Waals surface area contributed by atoms with Crippen molar-refractivity contribution >= 4 is 23.6 Å². The molecule has 1 rings (SSSR count). The Kier molecular flexibility index (Phi) is 6.42. The van der Waals surface area contributed by atoms with E-state index in [1.54, 1.807) is 23.9 Å². The van der Waals surface area contributed by atoms with Crippen LogP contribution in [0.5, 0.6) is 0 Å². The van der Waals surface area contributed by atoms with Crippen molar-refractivity contribution in [3.8, 4) is 0 Å². The maximum absolute atomic E-state index is 11.9. The van der Waals surface area contributed by atoms with Gasteiger partial charge in [-0.05, 0) is 36.4 Å². The molecule has 2 N–H and O–H groups in total. The van der Waals surface area contributed by atoms with Crippen molar-refractivity contribution < 1.29 is 14.7 Å². The Morgan fingerprint density at radius 2 is 1.95 bits per heavy atom. The van der Waals surface area contributed by atoms with Crippen molar-refractivity contribution in [3.05, 3.63) is 29.8 Å².